The Kier molecular flexibility index (Phi) is 4.42. The number of rotatable bonds is 1. The number of benzene rings is 1. The molecule has 1 nitrogen and oxygen atoms in total. The van der Waals surface area contributed by atoms with Crippen LogP contribution in [0.5, 0.6) is 0 Å². The van der Waals surface area contributed by atoms with E-state index >= 15 is 0 Å². The Morgan fingerprint density at radius 3 is 2.44 bits per heavy atom. The molecule has 88 valence electrons. The molecule has 0 atom stereocenters. The molecule has 2 aromatic rings. The Labute approximate surface area is 100 Å². The fourth-order valence-electron chi connectivity index (χ4n) is 1.38. The van der Waals surface area contributed by atoms with Crippen molar-refractivity contribution in [1.29, 1.82) is 0 Å². The van der Waals surface area contributed by atoms with Crippen molar-refractivity contribution < 1.29 is 4.39 Å². The van der Waals surface area contributed by atoms with Crippen molar-refractivity contribution in [2.45, 2.75) is 40.5 Å². The standard InChI is InChI=1S/C11H12FNS.C2H6/c1-6(2)11-13-10-8(12)4-7(3)5-9(10)14-11;1-2/h4-6H,1-3H3;1-2H3. The number of aromatic nitrogens is 1. The van der Waals surface area contributed by atoms with Crippen LogP contribution in [0.2, 0.25) is 0 Å². The Morgan fingerprint density at radius 1 is 1.25 bits per heavy atom. The van der Waals surface area contributed by atoms with E-state index in [-0.39, 0.29) is 5.82 Å². The van der Waals surface area contributed by atoms with E-state index in [0.717, 1.165) is 15.3 Å². The van der Waals surface area contributed by atoms with Gasteiger partial charge in [-0.15, -0.1) is 11.3 Å². The van der Waals surface area contributed by atoms with Crippen molar-refractivity contribution in [2.75, 3.05) is 0 Å². The van der Waals surface area contributed by atoms with Gasteiger partial charge < -0.3 is 0 Å². The van der Waals surface area contributed by atoms with Gasteiger partial charge in [0.1, 0.15) is 5.52 Å². The fraction of sp³-hybridized carbons (Fsp3) is 0.462. The van der Waals surface area contributed by atoms with Crippen molar-refractivity contribution in [3.63, 3.8) is 0 Å². The molecule has 0 radical (unpaired) electrons. The molecule has 0 unspecified atom stereocenters. The molecule has 0 spiro atoms. The van der Waals surface area contributed by atoms with E-state index in [1.807, 2.05) is 26.8 Å². The molecule has 0 aliphatic carbocycles. The lowest BCUT2D eigenvalue weighted by Crippen LogP contribution is -1.85. The van der Waals surface area contributed by atoms with Gasteiger partial charge in [-0.25, -0.2) is 9.37 Å². The minimum absolute atomic E-state index is 0.205. The summed E-state index contributed by atoms with van der Waals surface area (Å²) in [6, 6.07) is 3.52. The van der Waals surface area contributed by atoms with Gasteiger partial charge >= 0.3 is 0 Å². The number of hydrogen-bond donors (Lipinski definition) is 0. The number of hydrogen-bond acceptors (Lipinski definition) is 2. The lowest BCUT2D eigenvalue weighted by molar-refractivity contribution is 0.635. The average molecular weight is 239 g/mol. The van der Waals surface area contributed by atoms with Crippen molar-refractivity contribution in [3.8, 4) is 0 Å². The first kappa shape index (κ1) is 13.1. The molecule has 0 bridgehead atoms. The number of fused-ring (bicyclic) bond motifs is 1. The molecule has 0 saturated carbocycles. The van der Waals surface area contributed by atoms with Crippen LogP contribution in [0.1, 0.15) is 44.2 Å². The largest absolute Gasteiger partial charge is 0.238 e. The zero-order valence-electron chi connectivity index (χ0n) is 10.5. The quantitative estimate of drug-likeness (QED) is 0.690. The number of aryl methyl sites for hydroxylation is 1. The van der Waals surface area contributed by atoms with E-state index in [4.69, 9.17) is 0 Å². The first-order valence-electron chi connectivity index (χ1n) is 5.64. The summed E-state index contributed by atoms with van der Waals surface area (Å²) in [5, 5.41) is 1.00. The number of nitrogens with zero attached hydrogens (tertiary/aromatic N) is 1. The van der Waals surface area contributed by atoms with Gasteiger partial charge in [0.15, 0.2) is 5.82 Å². The highest BCUT2D eigenvalue weighted by molar-refractivity contribution is 7.18. The molecular formula is C13H18FNS. The van der Waals surface area contributed by atoms with E-state index in [1.54, 1.807) is 11.3 Å². The van der Waals surface area contributed by atoms with Crippen LogP contribution in [0.25, 0.3) is 10.2 Å². The highest BCUT2D eigenvalue weighted by Gasteiger charge is 2.10. The normalized spacial score (nSPS) is 10.4. The summed E-state index contributed by atoms with van der Waals surface area (Å²) in [5.41, 5.74) is 1.47. The lowest BCUT2D eigenvalue weighted by Gasteiger charge is -1.94. The van der Waals surface area contributed by atoms with E-state index in [2.05, 4.69) is 18.8 Å². The third kappa shape index (κ3) is 2.59. The summed E-state index contributed by atoms with van der Waals surface area (Å²) in [5.74, 6) is 0.162. The average Bonchev–Trinajstić information content (AvgIpc) is 2.64. The van der Waals surface area contributed by atoms with Gasteiger partial charge in [0, 0.05) is 5.92 Å². The molecule has 0 amide bonds. The van der Waals surface area contributed by atoms with Crippen molar-refractivity contribution in [2.24, 2.45) is 0 Å². The second kappa shape index (κ2) is 5.39. The second-order valence-electron chi connectivity index (χ2n) is 3.80. The SMILES string of the molecule is CC.Cc1cc(F)c2nc(C(C)C)sc2c1. The van der Waals surface area contributed by atoms with E-state index < -0.39 is 0 Å². The first-order chi connectivity index (χ1) is 7.58. The molecule has 0 saturated heterocycles. The zero-order chi connectivity index (χ0) is 12.3. The zero-order valence-corrected chi connectivity index (χ0v) is 11.3. The molecule has 2 rings (SSSR count). The maximum absolute atomic E-state index is 13.5. The minimum atomic E-state index is -0.205. The summed E-state index contributed by atoms with van der Waals surface area (Å²) in [6.07, 6.45) is 0. The second-order valence-corrected chi connectivity index (χ2v) is 4.86. The molecule has 0 aliphatic heterocycles. The Morgan fingerprint density at radius 2 is 1.88 bits per heavy atom. The van der Waals surface area contributed by atoms with Gasteiger partial charge in [-0.3, -0.25) is 0 Å². The summed E-state index contributed by atoms with van der Waals surface area (Å²) in [4.78, 5) is 4.30. The van der Waals surface area contributed by atoms with Gasteiger partial charge in [0.25, 0.3) is 0 Å². The lowest BCUT2D eigenvalue weighted by atomic mass is 10.2. The topological polar surface area (TPSA) is 12.9 Å². The molecule has 0 fully saturated rings. The van der Waals surface area contributed by atoms with Crippen molar-refractivity contribution in [1.82, 2.24) is 4.98 Å². The number of thiazole rings is 1. The van der Waals surface area contributed by atoms with Gasteiger partial charge in [-0.05, 0) is 24.6 Å². The molecule has 1 aromatic carbocycles. The third-order valence-corrected chi connectivity index (χ3v) is 3.41. The van der Waals surface area contributed by atoms with Crippen LogP contribution < -0.4 is 0 Å². The summed E-state index contributed by atoms with van der Waals surface area (Å²) >= 11 is 1.58. The Bertz CT molecular complexity index is 474. The fourth-order valence-corrected chi connectivity index (χ4v) is 2.46. The van der Waals surface area contributed by atoms with E-state index in [9.17, 15) is 4.39 Å². The Balaban J connectivity index is 0.000000606. The van der Waals surface area contributed by atoms with Crippen molar-refractivity contribution in [3.05, 3.63) is 28.5 Å². The molecule has 16 heavy (non-hydrogen) atoms. The van der Waals surface area contributed by atoms with Crippen LogP contribution in [0, 0.1) is 12.7 Å². The molecule has 1 aromatic heterocycles. The third-order valence-electron chi connectivity index (χ3n) is 2.10. The van der Waals surface area contributed by atoms with E-state index in [1.165, 1.54) is 6.07 Å². The predicted molar refractivity (Wildman–Crippen MR) is 69.8 cm³/mol. The van der Waals surface area contributed by atoms with Crippen LogP contribution in [0.4, 0.5) is 4.39 Å². The summed E-state index contributed by atoms with van der Waals surface area (Å²) in [6.45, 7) is 10.0. The maximum Gasteiger partial charge on any atom is 0.150 e. The summed E-state index contributed by atoms with van der Waals surface area (Å²) in [7, 11) is 0. The van der Waals surface area contributed by atoms with Crippen LogP contribution >= 0.6 is 11.3 Å². The predicted octanol–water partition coefficient (Wildman–Crippen LogP) is 4.89. The molecule has 1 heterocycles. The van der Waals surface area contributed by atoms with Gasteiger partial charge in [0.05, 0.1) is 9.71 Å². The van der Waals surface area contributed by atoms with Gasteiger partial charge in [-0.1, -0.05) is 27.7 Å². The van der Waals surface area contributed by atoms with Crippen LogP contribution in [0.15, 0.2) is 12.1 Å². The van der Waals surface area contributed by atoms with Gasteiger partial charge in [-0.2, -0.15) is 0 Å². The molecular weight excluding hydrogens is 221 g/mol. The summed E-state index contributed by atoms with van der Waals surface area (Å²) < 4.78 is 14.4. The molecule has 0 N–H and O–H groups in total. The maximum atomic E-state index is 13.5. The molecule has 3 heteroatoms. The Hall–Kier alpha value is -0.960. The first-order valence-corrected chi connectivity index (χ1v) is 6.46. The number of halogens is 1. The highest BCUT2D eigenvalue weighted by Crippen LogP contribution is 2.29. The van der Waals surface area contributed by atoms with E-state index in [0.29, 0.717) is 11.4 Å². The van der Waals surface area contributed by atoms with Crippen LogP contribution in [0.3, 0.4) is 0 Å². The van der Waals surface area contributed by atoms with Crippen molar-refractivity contribution >= 4 is 21.6 Å². The smallest absolute Gasteiger partial charge is 0.150 e. The van der Waals surface area contributed by atoms with Crippen LogP contribution in [-0.4, -0.2) is 4.98 Å². The van der Waals surface area contributed by atoms with Gasteiger partial charge in [0.2, 0.25) is 0 Å². The monoisotopic (exact) mass is 239 g/mol. The van der Waals surface area contributed by atoms with Crippen LogP contribution in [-0.2, 0) is 0 Å². The minimum Gasteiger partial charge on any atom is -0.238 e. The highest BCUT2D eigenvalue weighted by atomic mass is 32.1. The molecule has 0 aliphatic rings.